The van der Waals surface area contributed by atoms with Gasteiger partial charge in [-0.1, -0.05) is 0 Å². The minimum atomic E-state index is 0.276. The number of anilines is 3. The van der Waals surface area contributed by atoms with Gasteiger partial charge in [-0.2, -0.15) is 9.61 Å². The number of halogens is 1. The number of nitrogens with one attached hydrogen (secondary N) is 1. The van der Waals surface area contributed by atoms with Gasteiger partial charge in [0.25, 0.3) is 0 Å². The van der Waals surface area contributed by atoms with Crippen LogP contribution in [0.2, 0.25) is 0 Å². The number of fused-ring (bicyclic) bond motifs is 1. The fraction of sp³-hybridized carbons (Fsp3) is 0.375. The fourth-order valence-electron chi connectivity index (χ4n) is 2.98. The molecule has 4 rings (SSSR count). The average Bonchev–Trinajstić information content (AvgIpc) is 3.03. The van der Waals surface area contributed by atoms with Crippen LogP contribution < -0.4 is 16.0 Å². The van der Waals surface area contributed by atoms with Crippen molar-refractivity contribution < 1.29 is 0 Å². The molecule has 0 aromatic carbocycles. The molecule has 0 atom stereocenters. The van der Waals surface area contributed by atoms with Gasteiger partial charge in [-0.15, -0.1) is 0 Å². The second-order valence-electron chi connectivity index (χ2n) is 6.08. The summed E-state index contributed by atoms with van der Waals surface area (Å²) in [7, 11) is 0. The maximum atomic E-state index is 5.54. The molecule has 0 unspecified atom stereocenters. The Morgan fingerprint density at radius 3 is 2.64 bits per heavy atom. The van der Waals surface area contributed by atoms with E-state index in [-0.39, 0.29) is 5.95 Å². The SMILES string of the molecule is Nc1ncc(CNc2cc(N3CCCCC3)nc3c(Br)cnn23)cn1. The molecule has 0 spiro atoms. The average molecular weight is 403 g/mol. The van der Waals surface area contributed by atoms with E-state index in [1.54, 1.807) is 23.1 Å². The van der Waals surface area contributed by atoms with E-state index in [2.05, 4.69) is 47.3 Å². The molecule has 3 N–H and O–H groups in total. The third kappa shape index (κ3) is 3.37. The number of nitrogen functional groups attached to an aromatic ring is 1. The first-order valence-corrected chi connectivity index (χ1v) is 9.09. The van der Waals surface area contributed by atoms with Gasteiger partial charge in [-0.25, -0.2) is 15.0 Å². The minimum Gasteiger partial charge on any atom is -0.368 e. The van der Waals surface area contributed by atoms with Gasteiger partial charge in [0.15, 0.2) is 5.65 Å². The molecule has 1 saturated heterocycles. The van der Waals surface area contributed by atoms with Crippen LogP contribution in [-0.2, 0) is 6.54 Å². The summed E-state index contributed by atoms with van der Waals surface area (Å²) in [6.45, 7) is 2.66. The third-order valence-corrected chi connectivity index (χ3v) is 4.85. The van der Waals surface area contributed by atoms with Crippen molar-refractivity contribution in [3.63, 3.8) is 0 Å². The highest BCUT2D eigenvalue weighted by molar-refractivity contribution is 9.10. The van der Waals surface area contributed by atoms with Gasteiger partial charge in [0, 0.05) is 43.7 Å². The van der Waals surface area contributed by atoms with Gasteiger partial charge >= 0.3 is 0 Å². The lowest BCUT2D eigenvalue weighted by Gasteiger charge is -2.28. The predicted molar refractivity (Wildman–Crippen MR) is 101 cm³/mol. The molecule has 25 heavy (non-hydrogen) atoms. The fourth-order valence-corrected chi connectivity index (χ4v) is 3.33. The zero-order valence-corrected chi connectivity index (χ0v) is 15.3. The van der Waals surface area contributed by atoms with Crippen molar-refractivity contribution in [3.05, 3.63) is 34.7 Å². The van der Waals surface area contributed by atoms with Crippen LogP contribution in [0, 0.1) is 0 Å². The number of rotatable bonds is 4. The molecule has 3 aromatic heterocycles. The van der Waals surface area contributed by atoms with Crippen molar-refractivity contribution in [2.45, 2.75) is 25.8 Å². The van der Waals surface area contributed by atoms with E-state index in [9.17, 15) is 0 Å². The Bertz CT molecular complexity index is 870. The molecule has 1 aliphatic rings. The lowest BCUT2D eigenvalue weighted by atomic mass is 10.1. The van der Waals surface area contributed by atoms with E-state index in [4.69, 9.17) is 10.7 Å². The number of piperidine rings is 1. The Kier molecular flexibility index (Phi) is 4.39. The molecule has 130 valence electrons. The highest BCUT2D eigenvalue weighted by atomic mass is 79.9. The Hall–Kier alpha value is -2.42. The molecular formula is C16H19BrN8. The molecule has 1 fully saturated rings. The number of nitrogens with zero attached hydrogens (tertiary/aromatic N) is 6. The van der Waals surface area contributed by atoms with Crippen molar-refractivity contribution in [2.24, 2.45) is 0 Å². The zero-order valence-electron chi connectivity index (χ0n) is 13.7. The number of hydrogen-bond donors (Lipinski definition) is 2. The molecule has 0 saturated carbocycles. The summed E-state index contributed by atoms with van der Waals surface area (Å²) in [4.78, 5) is 15.2. The molecule has 1 aliphatic heterocycles. The van der Waals surface area contributed by atoms with Crippen LogP contribution in [0.25, 0.3) is 5.65 Å². The Morgan fingerprint density at radius 1 is 1.12 bits per heavy atom. The molecule has 4 heterocycles. The number of aromatic nitrogens is 5. The van der Waals surface area contributed by atoms with Crippen LogP contribution >= 0.6 is 15.9 Å². The monoisotopic (exact) mass is 402 g/mol. The third-order valence-electron chi connectivity index (χ3n) is 4.29. The molecule has 3 aromatic rings. The van der Waals surface area contributed by atoms with Crippen LogP contribution in [0.5, 0.6) is 0 Å². The first-order chi connectivity index (χ1) is 12.2. The lowest BCUT2D eigenvalue weighted by molar-refractivity contribution is 0.573. The van der Waals surface area contributed by atoms with Gasteiger partial charge in [-0.3, -0.25) is 0 Å². The van der Waals surface area contributed by atoms with Gasteiger partial charge < -0.3 is 16.0 Å². The van der Waals surface area contributed by atoms with Crippen LogP contribution in [0.15, 0.2) is 29.1 Å². The molecular weight excluding hydrogens is 384 g/mol. The second-order valence-corrected chi connectivity index (χ2v) is 6.93. The summed E-state index contributed by atoms with van der Waals surface area (Å²) in [6.07, 6.45) is 8.91. The zero-order chi connectivity index (χ0) is 17.2. The lowest BCUT2D eigenvalue weighted by Crippen LogP contribution is -2.30. The summed E-state index contributed by atoms with van der Waals surface area (Å²) in [5.41, 5.74) is 7.29. The van der Waals surface area contributed by atoms with Crippen LogP contribution in [0.3, 0.4) is 0 Å². The minimum absolute atomic E-state index is 0.276. The van der Waals surface area contributed by atoms with E-state index in [1.165, 1.54) is 19.3 Å². The van der Waals surface area contributed by atoms with Crippen molar-refractivity contribution in [1.82, 2.24) is 24.6 Å². The normalized spacial score (nSPS) is 14.8. The topological polar surface area (TPSA) is 97.3 Å². The quantitative estimate of drug-likeness (QED) is 0.691. The van der Waals surface area contributed by atoms with Crippen LogP contribution in [0.4, 0.5) is 17.6 Å². The molecule has 0 bridgehead atoms. The van der Waals surface area contributed by atoms with Crippen LogP contribution in [-0.4, -0.2) is 37.7 Å². The van der Waals surface area contributed by atoms with E-state index in [1.807, 2.05) is 0 Å². The summed E-state index contributed by atoms with van der Waals surface area (Å²) >= 11 is 3.54. The molecule has 9 heteroatoms. The predicted octanol–water partition coefficient (Wildman–Crippen LogP) is 2.47. The Morgan fingerprint density at radius 2 is 1.88 bits per heavy atom. The highest BCUT2D eigenvalue weighted by Crippen LogP contribution is 2.26. The summed E-state index contributed by atoms with van der Waals surface area (Å²) in [5.74, 6) is 2.14. The molecule has 0 aliphatic carbocycles. The standard InChI is InChI=1S/C16H19BrN8/c17-12-10-22-25-13(19-7-11-8-20-16(18)21-9-11)6-14(23-15(12)25)24-4-2-1-3-5-24/h6,8-10,19H,1-5,7H2,(H2,18,20,21). The maximum absolute atomic E-state index is 5.54. The largest absolute Gasteiger partial charge is 0.368 e. The summed E-state index contributed by atoms with van der Waals surface area (Å²) in [5, 5.41) is 7.81. The summed E-state index contributed by atoms with van der Waals surface area (Å²) in [6, 6.07) is 2.05. The van der Waals surface area contributed by atoms with Crippen molar-refractivity contribution >= 4 is 39.2 Å². The van der Waals surface area contributed by atoms with Gasteiger partial charge in [-0.05, 0) is 35.2 Å². The molecule has 8 nitrogen and oxygen atoms in total. The Labute approximate surface area is 153 Å². The van der Waals surface area contributed by atoms with Crippen LogP contribution in [0.1, 0.15) is 24.8 Å². The second kappa shape index (κ2) is 6.83. The van der Waals surface area contributed by atoms with E-state index in [0.29, 0.717) is 6.54 Å². The Balaban J connectivity index is 1.64. The van der Waals surface area contributed by atoms with E-state index < -0.39 is 0 Å². The highest BCUT2D eigenvalue weighted by Gasteiger charge is 2.16. The maximum Gasteiger partial charge on any atom is 0.219 e. The van der Waals surface area contributed by atoms with E-state index >= 15 is 0 Å². The first-order valence-electron chi connectivity index (χ1n) is 8.30. The van der Waals surface area contributed by atoms with E-state index in [0.717, 1.165) is 40.4 Å². The summed E-state index contributed by atoms with van der Waals surface area (Å²) < 4.78 is 2.68. The molecule has 0 amide bonds. The smallest absolute Gasteiger partial charge is 0.219 e. The van der Waals surface area contributed by atoms with Gasteiger partial charge in [0.05, 0.1) is 10.7 Å². The van der Waals surface area contributed by atoms with Gasteiger partial charge in [0.2, 0.25) is 5.95 Å². The molecule has 0 radical (unpaired) electrons. The van der Waals surface area contributed by atoms with Crippen molar-refractivity contribution in [1.29, 1.82) is 0 Å². The van der Waals surface area contributed by atoms with Gasteiger partial charge in [0.1, 0.15) is 11.6 Å². The van der Waals surface area contributed by atoms with Crippen molar-refractivity contribution in [2.75, 3.05) is 29.0 Å². The first kappa shape index (κ1) is 16.1. The number of nitrogens with two attached hydrogens (primary N) is 1. The number of hydrogen-bond acceptors (Lipinski definition) is 7. The van der Waals surface area contributed by atoms with Crippen molar-refractivity contribution in [3.8, 4) is 0 Å².